The van der Waals surface area contributed by atoms with Gasteiger partial charge in [0.05, 0.1) is 19.3 Å². The van der Waals surface area contributed by atoms with Crippen LogP contribution in [0, 0.1) is 0 Å². The van der Waals surface area contributed by atoms with Gasteiger partial charge in [-0.15, -0.1) is 0 Å². The van der Waals surface area contributed by atoms with Gasteiger partial charge in [0.2, 0.25) is 0 Å². The zero-order valence-corrected chi connectivity index (χ0v) is 10.4. The first kappa shape index (κ1) is 12.3. The molecule has 2 atom stereocenters. The summed E-state index contributed by atoms with van der Waals surface area (Å²) in [5.41, 5.74) is 0. The molecule has 4 nitrogen and oxygen atoms in total. The molecule has 0 aromatic carbocycles. The van der Waals surface area contributed by atoms with Crippen LogP contribution < -0.4 is 5.32 Å². The molecular formula is C12H24N2O2. The molecular weight excluding hydrogens is 204 g/mol. The number of methoxy groups -OCH3 is 1. The first-order valence-electron chi connectivity index (χ1n) is 6.37. The average Bonchev–Trinajstić information content (AvgIpc) is 3.11. The van der Waals surface area contributed by atoms with E-state index in [4.69, 9.17) is 9.47 Å². The highest BCUT2D eigenvalue weighted by atomic mass is 16.5. The quantitative estimate of drug-likeness (QED) is 0.717. The summed E-state index contributed by atoms with van der Waals surface area (Å²) in [6.45, 7) is 6.94. The molecule has 4 heteroatoms. The molecule has 16 heavy (non-hydrogen) atoms. The molecule has 1 aliphatic carbocycles. The van der Waals surface area contributed by atoms with E-state index in [1.54, 1.807) is 7.11 Å². The highest BCUT2D eigenvalue weighted by Gasteiger charge is 2.27. The molecule has 1 saturated heterocycles. The number of hydrogen-bond donors (Lipinski definition) is 1. The Bertz CT molecular complexity index is 209. The second kappa shape index (κ2) is 5.96. The predicted molar refractivity (Wildman–Crippen MR) is 63.7 cm³/mol. The molecule has 0 radical (unpaired) electrons. The highest BCUT2D eigenvalue weighted by Crippen LogP contribution is 2.19. The molecule has 94 valence electrons. The highest BCUT2D eigenvalue weighted by molar-refractivity contribution is 4.85. The Morgan fingerprint density at radius 3 is 3.00 bits per heavy atom. The van der Waals surface area contributed by atoms with Gasteiger partial charge in [0, 0.05) is 38.8 Å². The Kier molecular flexibility index (Phi) is 4.58. The summed E-state index contributed by atoms with van der Waals surface area (Å²) in [6, 6.07) is 1.30. The maximum Gasteiger partial charge on any atom is 0.0670 e. The van der Waals surface area contributed by atoms with Crippen LogP contribution in [0.3, 0.4) is 0 Å². The van der Waals surface area contributed by atoms with Crippen molar-refractivity contribution in [2.45, 2.75) is 38.0 Å². The molecule has 0 bridgehead atoms. The van der Waals surface area contributed by atoms with Gasteiger partial charge >= 0.3 is 0 Å². The van der Waals surface area contributed by atoms with E-state index in [1.165, 1.54) is 12.8 Å². The molecule has 2 rings (SSSR count). The molecule has 1 N–H and O–H groups in total. The minimum Gasteiger partial charge on any atom is -0.380 e. The van der Waals surface area contributed by atoms with Crippen molar-refractivity contribution in [2.75, 3.05) is 40.0 Å². The Morgan fingerprint density at radius 1 is 1.50 bits per heavy atom. The maximum atomic E-state index is 5.56. The zero-order chi connectivity index (χ0) is 11.4. The molecule has 1 heterocycles. The molecule has 2 fully saturated rings. The molecule has 0 spiro atoms. The van der Waals surface area contributed by atoms with Crippen molar-refractivity contribution in [1.29, 1.82) is 0 Å². The topological polar surface area (TPSA) is 33.7 Å². The minimum absolute atomic E-state index is 0.307. The summed E-state index contributed by atoms with van der Waals surface area (Å²) >= 11 is 0. The lowest BCUT2D eigenvalue weighted by atomic mass is 10.2. The molecule has 2 unspecified atom stereocenters. The lowest BCUT2D eigenvalue weighted by molar-refractivity contribution is -0.0297. The van der Waals surface area contributed by atoms with Crippen molar-refractivity contribution in [1.82, 2.24) is 10.2 Å². The first-order chi connectivity index (χ1) is 7.79. The normalized spacial score (nSPS) is 29.2. The molecule has 0 aromatic rings. The minimum atomic E-state index is 0.307. The van der Waals surface area contributed by atoms with Crippen molar-refractivity contribution in [3.63, 3.8) is 0 Å². The van der Waals surface area contributed by atoms with Crippen LogP contribution in [0.5, 0.6) is 0 Å². The van der Waals surface area contributed by atoms with E-state index in [-0.39, 0.29) is 0 Å². The van der Waals surface area contributed by atoms with Crippen LogP contribution in [-0.2, 0) is 9.47 Å². The van der Waals surface area contributed by atoms with Gasteiger partial charge in [0.1, 0.15) is 0 Å². The maximum absolute atomic E-state index is 5.56. The van der Waals surface area contributed by atoms with Gasteiger partial charge in [0.15, 0.2) is 0 Å². The zero-order valence-electron chi connectivity index (χ0n) is 10.4. The second-order valence-corrected chi connectivity index (χ2v) is 4.95. The first-order valence-corrected chi connectivity index (χ1v) is 6.37. The van der Waals surface area contributed by atoms with Gasteiger partial charge in [-0.1, -0.05) is 0 Å². The predicted octanol–water partition coefficient (Wildman–Crippen LogP) is 0.474. The lowest BCUT2D eigenvalue weighted by Crippen LogP contribution is -2.52. The van der Waals surface area contributed by atoms with Crippen LogP contribution in [0.2, 0.25) is 0 Å². The Hall–Kier alpha value is -0.160. The number of nitrogens with one attached hydrogen (secondary N) is 1. The summed E-state index contributed by atoms with van der Waals surface area (Å²) < 4.78 is 10.9. The van der Waals surface area contributed by atoms with Crippen molar-refractivity contribution in [3.8, 4) is 0 Å². The van der Waals surface area contributed by atoms with E-state index in [2.05, 4.69) is 17.1 Å². The Balaban J connectivity index is 1.75. The molecule has 1 aliphatic heterocycles. The lowest BCUT2D eigenvalue weighted by Gasteiger charge is -2.37. The van der Waals surface area contributed by atoms with E-state index in [1.807, 2.05) is 0 Å². The van der Waals surface area contributed by atoms with E-state index < -0.39 is 0 Å². The fourth-order valence-corrected chi connectivity index (χ4v) is 2.11. The fraction of sp³-hybridized carbons (Fsp3) is 1.00. The third-order valence-corrected chi connectivity index (χ3v) is 3.46. The fourth-order valence-electron chi connectivity index (χ4n) is 2.11. The number of morpholine rings is 1. The number of nitrogens with zero attached hydrogens (tertiary/aromatic N) is 1. The molecule has 1 saturated carbocycles. The van der Waals surface area contributed by atoms with E-state index in [0.717, 1.165) is 38.9 Å². The summed E-state index contributed by atoms with van der Waals surface area (Å²) in [4.78, 5) is 2.49. The summed E-state index contributed by atoms with van der Waals surface area (Å²) in [5.74, 6) is 0. The standard InChI is InChI=1S/C12H24N2O2/c1-10(15-2)8-14-5-6-16-9-12(14)7-13-11-3-4-11/h10-13H,3-9H2,1-2H3. The summed E-state index contributed by atoms with van der Waals surface area (Å²) in [6.07, 6.45) is 3.01. The van der Waals surface area contributed by atoms with Crippen molar-refractivity contribution < 1.29 is 9.47 Å². The van der Waals surface area contributed by atoms with Crippen LogP contribution in [-0.4, -0.2) is 63.0 Å². The van der Waals surface area contributed by atoms with Gasteiger partial charge in [-0.25, -0.2) is 0 Å². The average molecular weight is 228 g/mol. The van der Waals surface area contributed by atoms with Crippen LogP contribution in [0.4, 0.5) is 0 Å². The van der Waals surface area contributed by atoms with Crippen LogP contribution in [0.15, 0.2) is 0 Å². The third kappa shape index (κ3) is 3.70. The number of ether oxygens (including phenoxy) is 2. The Labute approximate surface area is 98.3 Å². The van der Waals surface area contributed by atoms with Crippen molar-refractivity contribution in [3.05, 3.63) is 0 Å². The number of rotatable bonds is 6. The number of hydrogen-bond acceptors (Lipinski definition) is 4. The van der Waals surface area contributed by atoms with Gasteiger partial charge in [-0.2, -0.15) is 0 Å². The van der Waals surface area contributed by atoms with Crippen LogP contribution in [0.25, 0.3) is 0 Å². The van der Waals surface area contributed by atoms with E-state index >= 15 is 0 Å². The van der Waals surface area contributed by atoms with Crippen LogP contribution >= 0.6 is 0 Å². The van der Waals surface area contributed by atoms with Gasteiger partial charge in [-0.05, 0) is 19.8 Å². The smallest absolute Gasteiger partial charge is 0.0670 e. The monoisotopic (exact) mass is 228 g/mol. The third-order valence-electron chi connectivity index (χ3n) is 3.46. The summed E-state index contributed by atoms with van der Waals surface area (Å²) in [5, 5.41) is 3.59. The van der Waals surface area contributed by atoms with Gasteiger partial charge < -0.3 is 14.8 Å². The van der Waals surface area contributed by atoms with Crippen molar-refractivity contribution >= 4 is 0 Å². The van der Waals surface area contributed by atoms with E-state index in [9.17, 15) is 0 Å². The molecule has 2 aliphatic rings. The van der Waals surface area contributed by atoms with Crippen LogP contribution in [0.1, 0.15) is 19.8 Å². The molecule has 0 amide bonds. The molecule has 0 aromatic heterocycles. The van der Waals surface area contributed by atoms with Gasteiger partial charge in [-0.3, -0.25) is 4.90 Å². The van der Waals surface area contributed by atoms with Crippen molar-refractivity contribution in [2.24, 2.45) is 0 Å². The Morgan fingerprint density at radius 2 is 2.31 bits per heavy atom. The van der Waals surface area contributed by atoms with Gasteiger partial charge in [0.25, 0.3) is 0 Å². The second-order valence-electron chi connectivity index (χ2n) is 4.95. The summed E-state index contributed by atoms with van der Waals surface area (Å²) in [7, 11) is 1.78. The largest absolute Gasteiger partial charge is 0.380 e. The SMILES string of the molecule is COC(C)CN1CCOCC1CNC1CC1. The van der Waals surface area contributed by atoms with E-state index in [0.29, 0.717) is 12.1 Å².